The summed E-state index contributed by atoms with van der Waals surface area (Å²) in [6, 6.07) is 19.5. The monoisotopic (exact) mass is 565 g/mol. The number of halogens is 1. The Bertz CT molecular complexity index is 1470. The number of likely N-dealkylation sites (tertiary alicyclic amines) is 2. The number of carbonyl (C=O) groups is 2. The molecule has 0 aliphatic carbocycles. The number of nitriles is 1. The first-order valence-corrected chi connectivity index (χ1v) is 14.2. The Morgan fingerprint density at radius 1 is 1.02 bits per heavy atom. The van der Waals surface area contributed by atoms with Crippen LogP contribution >= 0.6 is 0 Å². The van der Waals surface area contributed by atoms with E-state index in [2.05, 4.69) is 20.8 Å². The number of Topliss-reactive ketones (excluding diaryl/α,β-unsaturated/α-hetero) is 1. The van der Waals surface area contributed by atoms with Crippen LogP contribution in [0.1, 0.15) is 57.7 Å². The molecule has 0 spiro atoms. The Balaban J connectivity index is 1.07. The van der Waals surface area contributed by atoms with Crippen LogP contribution in [0.25, 0.3) is 4.85 Å². The number of hydrogen-bond donors (Lipinski definition) is 0. The van der Waals surface area contributed by atoms with Crippen LogP contribution in [0, 0.1) is 23.8 Å². The first kappa shape index (κ1) is 28.9. The lowest BCUT2D eigenvalue weighted by Gasteiger charge is -2.34. The Labute approximate surface area is 245 Å². The van der Waals surface area contributed by atoms with Crippen molar-refractivity contribution in [2.24, 2.45) is 5.92 Å². The van der Waals surface area contributed by atoms with Crippen LogP contribution in [0.4, 0.5) is 10.1 Å². The second kappa shape index (κ2) is 13.4. The van der Waals surface area contributed by atoms with Crippen molar-refractivity contribution in [3.05, 3.63) is 101 Å². The minimum Gasteiger partial charge on any atom is -0.487 e. The van der Waals surface area contributed by atoms with Crippen molar-refractivity contribution < 1.29 is 18.7 Å². The topological polar surface area (TPSA) is 90.9 Å². The van der Waals surface area contributed by atoms with E-state index < -0.39 is 12.3 Å². The van der Waals surface area contributed by atoms with Gasteiger partial charge in [-0.1, -0.05) is 24.3 Å². The molecule has 2 aliphatic rings. The van der Waals surface area contributed by atoms with Gasteiger partial charge in [-0.25, -0.2) is 9.24 Å². The van der Waals surface area contributed by atoms with Gasteiger partial charge in [-0.2, -0.15) is 5.26 Å². The number of ketones is 1. The summed E-state index contributed by atoms with van der Waals surface area (Å²) in [5.74, 6) is 0.422. The third-order valence-corrected chi connectivity index (χ3v) is 7.99. The Morgan fingerprint density at radius 2 is 1.76 bits per heavy atom. The molecule has 0 saturated carbocycles. The van der Waals surface area contributed by atoms with Gasteiger partial charge in [-0.3, -0.25) is 19.5 Å². The molecule has 9 heteroatoms. The van der Waals surface area contributed by atoms with Crippen molar-refractivity contribution in [2.75, 3.05) is 26.2 Å². The van der Waals surface area contributed by atoms with Crippen LogP contribution < -0.4 is 4.74 Å². The molecule has 0 N–H and O–H groups in total. The van der Waals surface area contributed by atoms with Crippen molar-refractivity contribution in [2.45, 2.75) is 44.5 Å². The molecular weight excluding hydrogens is 533 g/mol. The quantitative estimate of drug-likeness (QED) is 0.260. The third kappa shape index (κ3) is 7.18. The van der Waals surface area contributed by atoms with E-state index in [1.807, 2.05) is 24.3 Å². The van der Waals surface area contributed by atoms with E-state index in [4.69, 9.17) is 16.6 Å². The van der Waals surface area contributed by atoms with Gasteiger partial charge < -0.3 is 9.64 Å². The minimum atomic E-state index is -1.35. The van der Waals surface area contributed by atoms with Crippen LogP contribution in [0.3, 0.4) is 0 Å². The first-order valence-electron chi connectivity index (χ1n) is 14.2. The molecule has 2 aliphatic heterocycles. The number of alkyl halides is 1. The fraction of sp³-hybridized carbons (Fsp3) is 0.364. The molecule has 2 saturated heterocycles. The number of amides is 1. The van der Waals surface area contributed by atoms with Crippen LogP contribution in [0.5, 0.6) is 5.75 Å². The van der Waals surface area contributed by atoms with Crippen molar-refractivity contribution in [1.82, 2.24) is 14.8 Å². The highest BCUT2D eigenvalue weighted by atomic mass is 19.1. The third-order valence-electron chi connectivity index (χ3n) is 7.99. The molecule has 0 bridgehead atoms. The minimum absolute atomic E-state index is 0.0363. The zero-order valence-corrected chi connectivity index (χ0v) is 23.3. The Kier molecular flexibility index (Phi) is 9.21. The summed E-state index contributed by atoms with van der Waals surface area (Å²) in [5.41, 5.74) is 2.98. The summed E-state index contributed by atoms with van der Waals surface area (Å²) in [7, 11) is 0. The van der Waals surface area contributed by atoms with Crippen molar-refractivity contribution in [3.63, 3.8) is 0 Å². The number of hydrogen-bond acceptors (Lipinski definition) is 6. The van der Waals surface area contributed by atoms with Gasteiger partial charge >= 0.3 is 0 Å². The van der Waals surface area contributed by atoms with Crippen molar-refractivity contribution in [3.8, 4) is 11.8 Å². The van der Waals surface area contributed by atoms with Gasteiger partial charge in [0.25, 0.3) is 5.91 Å². The number of carbonyl (C=O) groups excluding carboxylic acids is 2. The van der Waals surface area contributed by atoms with Crippen LogP contribution in [0.15, 0.2) is 66.9 Å². The van der Waals surface area contributed by atoms with Gasteiger partial charge in [0, 0.05) is 32.1 Å². The van der Waals surface area contributed by atoms with E-state index in [1.165, 1.54) is 16.7 Å². The molecule has 3 aromatic rings. The number of nitrogens with zero attached hydrogens (tertiary/aromatic N) is 5. The van der Waals surface area contributed by atoms with E-state index in [-0.39, 0.29) is 24.2 Å². The molecular formula is C33H32FN5O3. The first-order chi connectivity index (χ1) is 20.4. The molecule has 1 amide bonds. The standard InChI is InChI=1S/C33H32FN5O3/c1-36-27-7-9-28(10-8-27)42-32-14-17-39(22-29(32)34)33(41)26-6-11-30(37-20-26)31(40)18-23-12-15-38(16-13-23)21-25-4-2-24(19-35)3-5-25/h2-11,20,23,29,32H,12-18,21-22H2/t29-,32-/m0/s1. The number of pyridine rings is 1. The highest BCUT2D eigenvalue weighted by Crippen LogP contribution is 2.26. The Hall–Kier alpha value is -4.60. The van der Waals surface area contributed by atoms with Gasteiger partial charge in [0.05, 0.1) is 30.3 Å². The molecule has 0 unspecified atom stereocenters. The van der Waals surface area contributed by atoms with Crippen LogP contribution in [-0.4, -0.2) is 64.9 Å². The molecule has 5 rings (SSSR count). The molecule has 2 fully saturated rings. The number of rotatable bonds is 8. The summed E-state index contributed by atoms with van der Waals surface area (Å²) < 4.78 is 20.7. The Morgan fingerprint density at radius 3 is 2.38 bits per heavy atom. The highest BCUT2D eigenvalue weighted by Gasteiger charge is 2.33. The normalized spacial score (nSPS) is 19.5. The summed E-state index contributed by atoms with van der Waals surface area (Å²) >= 11 is 0. The molecule has 42 heavy (non-hydrogen) atoms. The average molecular weight is 566 g/mol. The fourth-order valence-corrected chi connectivity index (χ4v) is 5.50. The second-order valence-corrected chi connectivity index (χ2v) is 10.9. The van der Waals surface area contributed by atoms with Gasteiger partial charge in [0.1, 0.15) is 17.5 Å². The molecule has 0 radical (unpaired) electrons. The lowest BCUT2D eigenvalue weighted by Crippen LogP contribution is -2.49. The van der Waals surface area contributed by atoms with Crippen molar-refractivity contribution in [1.29, 1.82) is 5.26 Å². The fourth-order valence-electron chi connectivity index (χ4n) is 5.50. The van der Waals surface area contributed by atoms with Crippen LogP contribution in [0.2, 0.25) is 0 Å². The second-order valence-electron chi connectivity index (χ2n) is 10.9. The predicted octanol–water partition coefficient (Wildman–Crippen LogP) is 5.62. The van der Waals surface area contributed by atoms with E-state index in [9.17, 15) is 14.0 Å². The molecule has 1 aromatic heterocycles. The van der Waals surface area contributed by atoms with Gasteiger partial charge in [0.15, 0.2) is 17.6 Å². The van der Waals surface area contributed by atoms with Gasteiger partial charge in [-0.05, 0) is 73.8 Å². The lowest BCUT2D eigenvalue weighted by molar-refractivity contribution is 0.0202. The summed E-state index contributed by atoms with van der Waals surface area (Å²) in [4.78, 5) is 37.4. The molecule has 2 atom stereocenters. The molecule has 214 valence electrons. The number of ether oxygens (including phenoxy) is 1. The van der Waals surface area contributed by atoms with E-state index >= 15 is 0 Å². The maximum Gasteiger partial charge on any atom is 0.255 e. The van der Waals surface area contributed by atoms with Gasteiger partial charge in [0.2, 0.25) is 0 Å². The van der Waals surface area contributed by atoms with Gasteiger partial charge in [-0.15, -0.1) is 0 Å². The summed E-state index contributed by atoms with van der Waals surface area (Å²) in [5, 5.41) is 8.96. The largest absolute Gasteiger partial charge is 0.487 e. The molecule has 3 heterocycles. The average Bonchev–Trinajstić information content (AvgIpc) is 3.03. The van der Waals surface area contributed by atoms with Crippen molar-refractivity contribution >= 4 is 17.4 Å². The highest BCUT2D eigenvalue weighted by molar-refractivity contribution is 5.97. The molecule has 2 aromatic carbocycles. The predicted molar refractivity (Wildman–Crippen MR) is 155 cm³/mol. The zero-order valence-electron chi connectivity index (χ0n) is 23.3. The smallest absolute Gasteiger partial charge is 0.255 e. The summed E-state index contributed by atoms with van der Waals surface area (Å²) in [6.07, 6.45) is 1.99. The van der Waals surface area contributed by atoms with Crippen LogP contribution in [-0.2, 0) is 6.54 Å². The van der Waals surface area contributed by atoms with E-state index in [0.717, 1.165) is 32.5 Å². The summed E-state index contributed by atoms with van der Waals surface area (Å²) in [6.45, 7) is 9.92. The lowest BCUT2D eigenvalue weighted by atomic mass is 9.90. The maximum atomic E-state index is 14.9. The number of aromatic nitrogens is 1. The number of benzene rings is 2. The SMILES string of the molecule is [C-]#[N+]c1ccc(O[C@H]2CCN(C(=O)c3ccc(C(=O)CC4CCN(Cc5ccc(C#N)cc5)CC4)nc3)C[C@@H]2F)cc1. The molecule has 8 nitrogen and oxygen atoms in total. The van der Waals surface area contributed by atoms with E-state index in [0.29, 0.717) is 47.6 Å². The number of piperidine rings is 2. The van der Waals surface area contributed by atoms with E-state index in [1.54, 1.807) is 36.4 Å². The zero-order chi connectivity index (χ0) is 29.5. The maximum absolute atomic E-state index is 14.9.